The molecule has 0 aliphatic carbocycles. The number of aromatic hydroxyl groups is 9. The van der Waals surface area contributed by atoms with E-state index in [4.69, 9.17) is 9.47 Å². The van der Waals surface area contributed by atoms with E-state index in [1.54, 1.807) is 54.6 Å². The van der Waals surface area contributed by atoms with Crippen molar-refractivity contribution in [3.05, 3.63) is 148 Å². The molecule has 4 atom stereocenters. The first-order chi connectivity index (χ1) is 25.4. The minimum atomic E-state index is -1.05. The summed E-state index contributed by atoms with van der Waals surface area (Å²) in [6.07, 6.45) is 1.55. The van der Waals surface area contributed by atoms with Crippen molar-refractivity contribution in [2.24, 2.45) is 0 Å². The van der Waals surface area contributed by atoms with Crippen LogP contribution in [0.25, 0.3) is 12.2 Å². The number of hydrogen-bond donors (Lipinski definition) is 9. The molecule has 0 fully saturated rings. The van der Waals surface area contributed by atoms with E-state index in [9.17, 15) is 46.0 Å². The molecule has 0 amide bonds. The molecule has 0 bridgehead atoms. The standard InChI is InChI=1S/C42H32O11/c43-24-5-3-20(4-6-24)1-2-21-11-34(51)38-35(12-21)52-41(36(38)22-13-26(45)17-27(46)14-22)31-9-10-32(49)39-37(23-15-28(47)18-29(48)16-23)40(53-42(31)39)30-8-7-25(44)19-33(30)50/h1-19,36-37,40-41,43-51H/t36-,37-,40+,41+/m0/s1. The predicted octanol–water partition coefficient (Wildman–Crippen LogP) is 7.74. The van der Waals surface area contributed by atoms with Crippen LogP contribution in [0.3, 0.4) is 0 Å². The summed E-state index contributed by atoms with van der Waals surface area (Å²) >= 11 is 0. The van der Waals surface area contributed by atoms with Gasteiger partial charge in [0.2, 0.25) is 0 Å². The summed E-state index contributed by atoms with van der Waals surface area (Å²) in [5, 5.41) is 95.7. The number of benzene rings is 6. The maximum atomic E-state index is 11.6. The molecular formula is C42H32O11. The Morgan fingerprint density at radius 3 is 1.57 bits per heavy atom. The molecule has 2 aliphatic heterocycles. The van der Waals surface area contributed by atoms with Gasteiger partial charge in [-0.1, -0.05) is 24.3 Å². The summed E-state index contributed by atoms with van der Waals surface area (Å²) in [5.41, 5.74) is 3.40. The van der Waals surface area contributed by atoms with Gasteiger partial charge in [-0.2, -0.15) is 0 Å². The fourth-order valence-electron chi connectivity index (χ4n) is 7.42. The molecule has 2 aliphatic rings. The van der Waals surface area contributed by atoms with Crippen LogP contribution in [-0.4, -0.2) is 46.0 Å². The van der Waals surface area contributed by atoms with Crippen molar-refractivity contribution >= 4 is 12.2 Å². The number of ether oxygens (including phenoxy) is 2. The quantitative estimate of drug-likeness (QED) is 0.0765. The molecule has 2 heterocycles. The fraction of sp³-hybridized carbons (Fsp3) is 0.0952. The van der Waals surface area contributed by atoms with Crippen LogP contribution < -0.4 is 9.47 Å². The molecule has 8 rings (SSSR count). The Balaban J connectivity index is 1.30. The van der Waals surface area contributed by atoms with Crippen molar-refractivity contribution in [3.8, 4) is 63.2 Å². The number of hydrogen-bond acceptors (Lipinski definition) is 11. The largest absolute Gasteiger partial charge is 0.508 e. The molecule has 6 aromatic carbocycles. The van der Waals surface area contributed by atoms with E-state index in [0.29, 0.717) is 33.6 Å². The van der Waals surface area contributed by atoms with Crippen LogP contribution in [0.2, 0.25) is 0 Å². The average molecular weight is 713 g/mol. The van der Waals surface area contributed by atoms with Crippen LogP contribution in [0.1, 0.15) is 68.6 Å². The van der Waals surface area contributed by atoms with E-state index in [1.807, 2.05) is 0 Å². The zero-order valence-corrected chi connectivity index (χ0v) is 27.6. The predicted molar refractivity (Wildman–Crippen MR) is 193 cm³/mol. The van der Waals surface area contributed by atoms with Crippen LogP contribution >= 0.6 is 0 Å². The Kier molecular flexibility index (Phi) is 7.83. The van der Waals surface area contributed by atoms with Crippen molar-refractivity contribution in [1.29, 1.82) is 0 Å². The summed E-state index contributed by atoms with van der Waals surface area (Å²) in [6.45, 7) is 0. The van der Waals surface area contributed by atoms with E-state index in [-0.39, 0.29) is 68.6 Å². The highest BCUT2D eigenvalue weighted by atomic mass is 16.5. The van der Waals surface area contributed by atoms with Gasteiger partial charge in [-0.25, -0.2) is 0 Å². The second-order valence-corrected chi connectivity index (χ2v) is 13.1. The lowest BCUT2D eigenvalue weighted by Gasteiger charge is -2.23. The molecule has 0 radical (unpaired) electrons. The average Bonchev–Trinajstić information content (AvgIpc) is 3.68. The third kappa shape index (κ3) is 5.93. The van der Waals surface area contributed by atoms with Gasteiger partial charge in [0.1, 0.15) is 75.5 Å². The minimum absolute atomic E-state index is 0.125. The van der Waals surface area contributed by atoms with E-state index < -0.39 is 24.0 Å². The molecule has 0 saturated carbocycles. The molecule has 53 heavy (non-hydrogen) atoms. The summed E-state index contributed by atoms with van der Waals surface area (Å²) < 4.78 is 13.3. The zero-order chi connectivity index (χ0) is 37.1. The highest BCUT2D eigenvalue weighted by Crippen LogP contribution is 2.61. The molecule has 0 unspecified atom stereocenters. The van der Waals surface area contributed by atoms with Crippen molar-refractivity contribution in [2.45, 2.75) is 24.0 Å². The number of phenols is 9. The van der Waals surface area contributed by atoms with Crippen molar-refractivity contribution in [3.63, 3.8) is 0 Å². The van der Waals surface area contributed by atoms with Gasteiger partial charge in [-0.05, 0) is 95.1 Å². The lowest BCUT2D eigenvalue weighted by atomic mass is 9.81. The summed E-state index contributed by atoms with van der Waals surface area (Å²) in [7, 11) is 0. The lowest BCUT2D eigenvalue weighted by molar-refractivity contribution is 0.192. The molecule has 266 valence electrons. The van der Waals surface area contributed by atoms with E-state index in [0.717, 1.165) is 17.7 Å². The Bertz CT molecular complexity index is 2400. The van der Waals surface area contributed by atoms with Gasteiger partial charge in [-0.15, -0.1) is 0 Å². The highest BCUT2D eigenvalue weighted by molar-refractivity contribution is 5.73. The second-order valence-electron chi connectivity index (χ2n) is 13.1. The van der Waals surface area contributed by atoms with Crippen LogP contribution in [0.5, 0.6) is 63.2 Å². The third-order valence-electron chi connectivity index (χ3n) is 9.63. The normalized spacial score (nSPS) is 18.7. The number of fused-ring (bicyclic) bond motifs is 2. The molecule has 11 heteroatoms. The summed E-state index contributed by atoms with van der Waals surface area (Å²) in [6, 6.07) is 25.0. The lowest BCUT2D eigenvalue weighted by Crippen LogP contribution is -2.13. The Morgan fingerprint density at radius 1 is 0.396 bits per heavy atom. The van der Waals surface area contributed by atoms with Crippen LogP contribution in [-0.2, 0) is 0 Å². The van der Waals surface area contributed by atoms with Crippen molar-refractivity contribution in [2.75, 3.05) is 0 Å². The summed E-state index contributed by atoms with van der Waals surface area (Å²) in [5.74, 6) is -2.90. The van der Waals surface area contributed by atoms with Crippen LogP contribution in [0, 0.1) is 0 Å². The van der Waals surface area contributed by atoms with Gasteiger partial charge in [0, 0.05) is 40.5 Å². The highest BCUT2D eigenvalue weighted by Gasteiger charge is 2.47. The second kappa shape index (κ2) is 12.6. The van der Waals surface area contributed by atoms with Gasteiger partial charge in [0.25, 0.3) is 0 Å². The maximum Gasteiger partial charge on any atom is 0.138 e. The zero-order valence-electron chi connectivity index (χ0n) is 27.6. The van der Waals surface area contributed by atoms with Gasteiger partial charge < -0.3 is 55.4 Å². The first-order valence-corrected chi connectivity index (χ1v) is 16.5. The van der Waals surface area contributed by atoms with E-state index >= 15 is 0 Å². The van der Waals surface area contributed by atoms with E-state index in [2.05, 4.69) is 0 Å². The maximum absolute atomic E-state index is 11.6. The smallest absolute Gasteiger partial charge is 0.138 e. The van der Waals surface area contributed by atoms with Crippen LogP contribution in [0.4, 0.5) is 0 Å². The molecule has 0 spiro atoms. The molecule has 11 nitrogen and oxygen atoms in total. The first-order valence-electron chi connectivity index (χ1n) is 16.5. The molecule has 0 saturated heterocycles. The van der Waals surface area contributed by atoms with Crippen molar-refractivity contribution in [1.82, 2.24) is 0 Å². The third-order valence-corrected chi connectivity index (χ3v) is 9.63. The van der Waals surface area contributed by atoms with Gasteiger partial charge >= 0.3 is 0 Å². The van der Waals surface area contributed by atoms with Crippen LogP contribution in [0.15, 0.2) is 103 Å². The van der Waals surface area contributed by atoms with Gasteiger partial charge in [-0.3, -0.25) is 0 Å². The number of rotatable bonds is 6. The van der Waals surface area contributed by atoms with Crippen molar-refractivity contribution < 1.29 is 55.4 Å². The fourth-order valence-corrected chi connectivity index (χ4v) is 7.42. The molecule has 0 aromatic heterocycles. The Hall–Kier alpha value is -7.14. The van der Waals surface area contributed by atoms with Gasteiger partial charge in [0.05, 0.1) is 11.8 Å². The summed E-state index contributed by atoms with van der Waals surface area (Å²) in [4.78, 5) is 0. The Labute approximate surface area is 302 Å². The van der Waals surface area contributed by atoms with Gasteiger partial charge in [0.15, 0.2) is 0 Å². The Morgan fingerprint density at radius 2 is 0.943 bits per heavy atom. The molecular weight excluding hydrogens is 680 g/mol. The topological polar surface area (TPSA) is 201 Å². The number of phenolic OH excluding ortho intramolecular Hbond substituents is 9. The monoisotopic (exact) mass is 712 g/mol. The SMILES string of the molecule is Oc1ccc(C=Cc2cc(O)c3c(c2)O[C@H](c2ccc(O)c4c2O[C@H](c2ccc(O)cc2O)[C@H]4c2cc(O)cc(O)c2)[C@H]3c2cc(O)cc(O)c2)cc1. The first kappa shape index (κ1) is 33.0. The minimum Gasteiger partial charge on any atom is -0.508 e. The van der Waals surface area contributed by atoms with E-state index in [1.165, 1.54) is 48.5 Å². The molecule has 9 N–H and O–H groups in total. The molecule has 6 aromatic rings.